The molecule has 0 saturated heterocycles. The van der Waals surface area contributed by atoms with Gasteiger partial charge in [-0.1, -0.05) is 0 Å². The Labute approximate surface area is 98.5 Å². The van der Waals surface area contributed by atoms with E-state index in [0.29, 0.717) is 35.3 Å². The van der Waals surface area contributed by atoms with Crippen molar-refractivity contribution < 1.29 is 19.0 Å². The molecule has 5 heteroatoms. The third-order valence-electron chi connectivity index (χ3n) is 2.91. The molecule has 0 spiro atoms. The number of ether oxygens (including phenoxy) is 3. The van der Waals surface area contributed by atoms with Gasteiger partial charge < -0.3 is 19.9 Å². The van der Waals surface area contributed by atoms with Gasteiger partial charge in [-0.3, -0.25) is 0 Å². The van der Waals surface area contributed by atoms with E-state index in [4.69, 9.17) is 19.9 Å². The molecular formula is C12H13NO4. The van der Waals surface area contributed by atoms with Crippen LogP contribution in [0, 0.1) is 5.92 Å². The van der Waals surface area contributed by atoms with Crippen LogP contribution in [0.4, 0.5) is 5.69 Å². The van der Waals surface area contributed by atoms with Crippen LogP contribution in [0.2, 0.25) is 0 Å². The molecule has 1 fully saturated rings. The number of carbonyl (C=O) groups is 1. The summed E-state index contributed by atoms with van der Waals surface area (Å²) in [5.41, 5.74) is 6.48. The molecule has 17 heavy (non-hydrogen) atoms. The molecule has 0 atom stereocenters. The van der Waals surface area contributed by atoms with Crippen molar-refractivity contribution in [2.24, 2.45) is 5.92 Å². The summed E-state index contributed by atoms with van der Waals surface area (Å²) in [7, 11) is 0. The first-order valence-corrected chi connectivity index (χ1v) is 5.60. The Morgan fingerprint density at radius 3 is 2.76 bits per heavy atom. The monoisotopic (exact) mass is 235 g/mol. The van der Waals surface area contributed by atoms with Gasteiger partial charge in [0.05, 0.1) is 17.9 Å². The number of hydrogen-bond acceptors (Lipinski definition) is 5. The first-order chi connectivity index (χ1) is 8.24. The molecule has 0 amide bonds. The van der Waals surface area contributed by atoms with Crippen LogP contribution in [0.1, 0.15) is 23.2 Å². The fourth-order valence-electron chi connectivity index (χ4n) is 1.69. The predicted molar refractivity (Wildman–Crippen MR) is 60.0 cm³/mol. The number of carbonyl (C=O) groups excluding carboxylic acids is 1. The van der Waals surface area contributed by atoms with Gasteiger partial charge in [0.2, 0.25) is 6.79 Å². The van der Waals surface area contributed by atoms with E-state index in [2.05, 4.69) is 0 Å². The number of benzene rings is 1. The van der Waals surface area contributed by atoms with Crippen LogP contribution in [0.3, 0.4) is 0 Å². The van der Waals surface area contributed by atoms with Gasteiger partial charge in [0.25, 0.3) is 0 Å². The van der Waals surface area contributed by atoms with Crippen molar-refractivity contribution >= 4 is 11.7 Å². The lowest BCUT2D eigenvalue weighted by atomic mass is 10.1. The lowest BCUT2D eigenvalue weighted by molar-refractivity contribution is 0.0487. The molecule has 3 rings (SSSR count). The quantitative estimate of drug-likeness (QED) is 0.636. The molecule has 1 aliphatic heterocycles. The topological polar surface area (TPSA) is 70.8 Å². The smallest absolute Gasteiger partial charge is 0.340 e. The molecule has 0 aromatic heterocycles. The predicted octanol–water partition coefficient (Wildman–Crippen LogP) is 1.56. The molecule has 1 aliphatic carbocycles. The molecule has 90 valence electrons. The van der Waals surface area contributed by atoms with E-state index >= 15 is 0 Å². The van der Waals surface area contributed by atoms with Crippen LogP contribution < -0.4 is 15.2 Å². The van der Waals surface area contributed by atoms with E-state index in [1.54, 1.807) is 12.1 Å². The minimum Gasteiger partial charge on any atom is -0.462 e. The van der Waals surface area contributed by atoms with Gasteiger partial charge in [0.15, 0.2) is 11.5 Å². The van der Waals surface area contributed by atoms with Gasteiger partial charge in [-0.2, -0.15) is 0 Å². The van der Waals surface area contributed by atoms with Gasteiger partial charge in [0.1, 0.15) is 0 Å². The average molecular weight is 235 g/mol. The molecular weight excluding hydrogens is 222 g/mol. The Kier molecular flexibility index (Phi) is 2.31. The number of fused-ring (bicyclic) bond motifs is 1. The number of anilines is 1. The van der Waals surface area contributed by atoms with Crippen LogP contribution in [0.15, 0.2) is 12.1 Å². The Morgan fingerprint density at radius 1 is 1.35 bits per heavy atom. The van der Waals surface area contributed by atoms with E-state index in [-0.39, 0.29) is 6.79 Å². The van der Waals surface area contributed by atoms with Gasteiger partial charge in [0, 0.05) is 12.1 Å². The zero-order valence-corrected chi connectivity index (χ0v) is 9.27. The van der Waals surface area contributed by atoms with Crippen molar-refractivity contribution in [2.45, 2.75) is 12.8 Å². The molecule has 1 heterocycles. The minimum atomic E-state index is -0.396. The Hall–Kier alpha value is -1.91. The highest BCUT2D eigenvalue weighted by atomic mass is 16.7. The van der Waals surface area contributed by atoms with Gasteiger partial charge in [-0.15, -0.1) is 0 Å². The summed E-state index contributed by atoms with van der Waals surface area (Å²) in [4.78, 5) is 11.8. The number of rotatable bonds is 3. The normalized spacial score (nSPS) is 16.9. The molecule has 1 aromatic rings. The van der Waals surface area contributed by atoms with E-state index in [0.717, 1.165) is 12.8 Å². The minimum absolute atomic E-state index is 0.162. The second-order valence-corrected chi connectivity index (χ2v) is 4.33. The Balaban J connectivity index is 1.78. The standard InChI is InChI=1S/C12H13NO4/c13-9-4-11-10(16-6-17-11)3-8(9)12(14)15-5-7-1-2-7/h3-4,7H,1-2,5-6,13H2. The van der Waals surface area contributed by atoms with Crippen LogP contribution in [0.25, 0.3) is 0 Å². The van der Waals surface area contributed by atoms with E-state index in [9.17, 15) is 4.79 Å². The van der Waals surface area contributed by atoms with Crippen LogP contribution in [-0.4, -0.2) is 19.4 Å². The number of hydrogen-bond donors (Lipinski definition) is 1. The molecule has 0 radical (unpaired) electrons. The van der Waals surface area contributed by atoms with Gasteiger partial charge in [-0.05, 0) is 18.8 Å². The molecule has 0 bridgehead atoms. The lowest BCUT2D eigenvalue weighted by Crippen LogP contribution is -2.10. The highest BCUT2D eigenvalue weighted by molar-refractivity contribution is 5.96. The first-order valence-electron chi connectivity index (χ1n) is 5.60. The largest absolute Gasteiger partial charge is 0.462 e. The van der Waals surface area contributed by atoms with Gasteiger partial charge >= 0.3 is 5.97 Å². The highest BCUT2D eigenvalue weighted by Crippen LogP contribution is 2.36. The fraction of sp³-hybridized carbons (Fsp3) is 0.417. The summed E-state index contributed by atoms with van der Waals surface area (Å²) in [6, 6.07) is 3.17. The molecule has 2 N–H and O–H groups in total. The SMILES string of the molecule is Nc1cc2c(cc1C(=O)OCC1CC1)OCO2. The number of nitrogens with two attached hydrogens (primary N) is 1. The molecule has 5 nitrogen and oxygen atoms in total. The second kappa shape index (κ2) is 3.84. The van der Waals surface area contributed by atoms with Crippen LogP contribution in [0.5, 0.6) is 11.5 Å². The zero-order chi connectivity index (χ0) is 11.8. The first kappa shape index (κ1) is 10.3. The fourth-order valence-corrected chi connectivity index (χ4v) is 1.69. The van der Waals surface area contributed by atoms with Crippen LogP contribution >= 0.6 is 0 Å². The van der Waals surface area contributed by atoms with E-state index < -0.39 is 5.97 Å². The Bertz CT molecular complexity index is 468. The zero-order valence-electron chi connectivity index (χ0n) is 9.27. The third-order valence-corrected chi connectivity index (χ3v) is 2.91. The van der Waals surface area contributed by atoms with E-state index in [1.807, 2.05) is 0 Å². The van der Waals surface area contributed by atoms with Crippen molar-refractivity contribution in [3.05, 3.63) is 17.7 Å². The Morgan fingerprint density at radius 2 is 2.06 bits per heavy atom. The summed E-state index contributed by atoms with van der Waals surface area (Å²) in [6.45, 7) is 0.641. The van der Waals surface area contributed by atoms with Crippen molar-refractivity contribution in [3.63, 3.8) is 0 Å². The molecule has 2 aliphatic rings. The van der Waals surface area contributed by atoms with Gasteiger partial charge in [-0.25, -0.2) is 4.79 Å². The molecule has 0 unspecified atom stereocenters. The maximum atomic E-state index is 11.8. The summed E-state index contributed by atoms with van der Waals surface area (Å²) in [5.74, 6) is 1.25. The third kappa shape index (κ3) is 2.00. The summed E-state index contributed by atoms with van der Waals surface area (Å²) < 4.78 is 15.5. The van der Waals surface area contributed by atoms with Crippen molar-refractivity contribution in [1.82, 2.24) is 0 Å². The summed E-state index contributed by atoms with van der Waals surface area (Å²) in [5, 5.41) is 0. The highest BCUT2D eigenvalue weighted by Gasteiger charge is 2.25. The van der Waals surface area contributed by atoms with Crippen molar-refractivity contribution in [2.75, 3.05) is 19.1 Å². The number of nitrogen functional groups attached to an aromatic ring is 1. The van der Waals surface area contributed by atoms with Crippen molar-refractivity contribution in [3.8, 4) is 11.5 Å². The maximum absolute atomic E-state index is 11.8. The summed E-state index contributed by atoms with van der Waals surface area (Å²) >= 11 is 0. The van der Waals surface area contributed by atoms with Crippen LogP contribution in [-0.2, 0) is 4.74 Å². The molecule has 1 saturated carbocycles. The molecule has 1 aromatic carbocycles. The second-order valence-electron chi connectivity index (χ2n) is 4.33. The van der Waals surface area contributed by atoms with E-state index in [1.165, 1.54) is 0 Å². The maximum Gasteiger partial charge on any atom is 0.340 e. The van der Waals surface area contributed by atoms with Crippen molar-refractivity contribution in [1.29, 1.82) is 0 Å². The average Bonchev–Trinajstić information content (AvgIpc) is 3.03. The lowest BCUT2D eigenvalue weighted by Gasteiger charge is -2.07. The summed E-state index contributed by atoms with van der Waals surface area (Å²) in [6.07, 6.45) is 2.29. The number of esters is 1.